The van der Waals surface area contributed by atoms with Crippen molar-refractivity contribution in [1.29, 1.82) is 0 Å². The summed E-state index contributed by atoms with van der Waals surface area (Å²) in [5.74, 6) is 0.430. The van der Waals surface area contributed by atoms with Crippen LogP contribution in [0.25, 0.3) is 0 Å². The van der Waals surface area contributed by atoms with Crippen LogP contribution in [0.1, 0.15) is 61.7 Å². The molecule has 2 bridgehead atoms. The second kappa shape index (κ2) is 11.1. The number of aliphatic imine (C=N–C) groups is 1. The van der Waals surface area contributed by atoms with Gasteiger partial charge in [0.05, 0.1) is 12.2 Å². The van der Waals surface area contributed by atoms with Gasteiger partial charge in [0.25, 0.3) is 0 Å². The molecule has 2 heterocycles. The number of hydrogen-bond donors (Lipinski definition) is 1. The van der Waals surface area contributed by atoms with E-state index in [0.29, 0.717) is 36.9 Å². The smallest absolute Gasteiger partial charge is 0.303 e. The maximum Gasteiger partial charge on any atom is 0.303 e. The first kappa shape index (κ1) is 21.4. The van der Waals surface area contributed by atoms with Gasteiger partial charge < -0.3 is 9.84 Å². The third-order valence-corrected chi connectivity index (χ3v) is 6.02. The molecule has 0 aromatic heterocycles. The second-order valence-electron chi connectivity index (χ2n) is 7.98. The van der Waals surface area contributed by atoms with Crippen molar-refractivity contribution in [2.45, 2.75) is 63.6 Å². The van der Waals surface area contributed by atoms with Gasteiger partial charge >= 0.3 is 5.97 Å². The lowest BCUT2D eigenvalue weighted by molar-refractivity contribution is -0.137. The fourth-order valence-electron chi connectivity index (χ4n) is 4.54. The maximum absolute atomic E-state index is 12.1. The number of carboxylic acids is 1. The highest BCUT2D eigenvalue weighted by molar-refractivity contribution is 6.03. The van der Waals surface area contributed by atoms with Crippen molar-refractivity contribution >= 4 is 18.0 Å². The zero-order chi connectivity index (χ0) is 20.5. The molecule has 0 spiro atoms. The number of ether oxygens (including phenoxy) is 1. The van der Waals surface area contributed by atoms with Gasteiger partial charge in [-0.05, 0) is 50.4 Å². The van der Waals surface area contributed by atoms with Gasteiger partial charge in [-0.3, -0.25) is 14.6 Å². The van der Waals surface area contributed by atoms with Crippen molar-refractivity contribution in [1.82, 2.24) is 0 Å². The number of allylic oxidation sites excluding steroid dienone is 2. The minimum absolute atomic E-state index is 0.100. The van der Waals surface area contributed by atoms with E-state index in [-0.39, 0.29) is 12.2 Å². The van der Waals surface area contributed by atoms with Gasteiger partial charge in [-0.25, -0.2) is 0 Å². The Morgan fingerprint density at radius 3 is 2.62 bits per heavy atom. The SMILES string of the molecule is O=C(O)CCCC=CC[C@H]1[C@@H](CCN=CCC(=O)c2ccccc2)[C@H]2CC[C@@H]1O2. The third kappa shape index (κ3) is 6.36. The molecule has 3 rings (SSSR count). The Morgan fingerprint density at radius 1 is 1.10 bits per heavy atom. The van der Waals surface area contributed by atoms with Crippen LogP contribution in [0, 0.1) is 11.8 Å². The summed E-state index contributed by atoms with van der Waals surface area (Å²) in [5, 5.41) is 8.69. The van der Waals surface area contributed by atoms with Crippen molar-refractivity contribution in [3.63, 3.8) is 0 Å². The highest BCUT2D eigenvalue weighted by Gasteiger charge is 2.47. The third-order valence-electron chi connectivity index (χ3n) is 6.02. The van der Waals surface area contributed by atoms with Gasteiger partial charge in [-0.2, -0.15) is 0 Å². The zero-order valence-corrected chi connectivity index (χ0v) is 16.9. The number of Topliss-reactive ketones (excluding diaryl/α,β-unsaturated/α-hetero) is 1. The highest BCUT2D eigenvalue weighted by atomic mass is 16.5. The predicted molar refractivity (Wildman–Crippen MR) is 113 cm³/mol. The molecule has 0 unspecified atom stereocenters. The molecule has 1 N–H and O–H groups in total. The lowest BCUT2D eigenvalue weighted by Crippen LogP contribution is -2.27. The largest absolute Gasteiger partial charge is 0.481 e. The normalized spacial score (nSPS) is 25.9. The number of aliphatic carboxylic acids is 1. The molecule has 156 valence electrons. The summed E-state index contributed by atoms with van der Waals surface area (Å²) >= 11 is 0. The fraction of sp³-hybridized carbons (Fsp3) is 0.542. The summed E-state index contributed by atoms with van der Waals surface area (Å²) in [6, 6.07) is 9.33. The van der Waals surface area contributed by atoms with Gasteiger partial charge in [-0.15, -0.1) is 0 Å². The molecule has 1 aromatic rings. The number of carbonyl (C=O) groups is 2. The average Bonchev–Trinajstić information content (AvgIpc) is 3.32. The molecule has 4 atom stereocenters. The van der Waals surface area contributed by atoms with E-state index in [1.807, 2.05) is 30.3 Å². The van der Waals surface area contributed by atoms with Crippen molar-refractivity contribution in [2.75, 3.05) is 6.54 Å². The first-order valence-electron chi connectivity index (χ1n) is 10.7. The number of carboxylic acid groups (broad SMARTS) is 1. The lowest BCUT2D eigenvalue weighted by atomic mass is 9.76. The minimum Gasteiger partial charge on any atom is -0.481 e. The standard InChI is InChI=1S/C24H31NO4/c26-21(18-8-4-3-5-9-18)15-17-25-16-14-20-19(22-12-13-23(20)29-22)10-6-1-2-7-11-24(27)28/h1,3-6,8-9,17,19-20,22-23H,2,7,10-16H2,(H,27,28)/t19-,20+,22-,23+/m0/s1. The summed E-state index contributed by atoms with van der Waals surface area (Å²) in [5.41, 5.74) is 0.732. The summed E-state index contributed by atoms with van der Waals surface area (Å²) < 4.78 is 6.14. The molecule has 2 saturated heterocycles. The zero-order valence-electron chi connectivity index (χ0n) is 16.9. The van der Waals surface area contributed by atoms with Gasteiger partial charge in [0, 0.05) is 31.2 Å². The maximum atomic E-state index is 12.1. The van der Waals surface area contributed by atoms with E-state index >= 15 is 0 Å². The predicted octanol–water partition coefficient (Wildman–Crippen LogP) is 4.72. The van der Waals surface area contributed by atoms with Crippen molar-refractivity contribution in [3.8, 4) is 0 Å². The van der Waals surface area contributed by atoms with Crippen LogP contribution in [0.2, 0.25) is 0 Å². The molecule has 0 radical (unpaired) electrons. The van der Waals surface area contributed by atoms with Crippen molar-refractivity contribution < 1.29 is 19.4 Å². The molecule has 2 aliphatic heterocycles. The molecule has 29 heavy (non-hydrogen) atoms. The molecule has 5 nitrogen and oxygen atoms in total. The Labute approximate surface area is 172 Å². The molecule has 2 aliphatic rings. The molecule has 0 saturated carbocycles. The Bertz CT molecular complexity index is 728. The topological polar surface area (TPSA) is 76.0 Å². The number of benzene rings is 1. The number of ketones is 1. The number of carbonyl (C=O) groups excluding carboxylic acids is 1. The average molecular weight is 398 g/mol. The summed E-state index contributed by atoms with van der Waals surface area (Å²) in [6.45, 7) is 0.734. The quantitative estimate of drug-likeness (QED) is 0.240. The molecular formula is C24H31NO4. The Kier molecular flexibility index (Phi) is 8.17. The van der Waals surface area contributed by atoms with E-state index in [4.69, 9.17) is 9.84 Å². The van der Waals surface area contributed by atoms with Crippen LogP contribution in [-0.4, -0.2) is 41.8 Å². The Hall–Kier alpha value is -2.27. The monoisotopic (exact) mass is 397 g/mol. The first-order chi connectivity index (χ1) is 14.1. The van der Waals surface area contributed by atoms with Gasteiger partial charge in [0.1, 0.15) is 0 Å². The van der Waals surface area contributed by atoms with E-state index in [0.717, 1.165) is 44.2 Å². The molecular weight excluding hydrogens is 366 g/mol. The molecule has 2 fully saturated rings. The number of hydrogen-bond acceptors (Lipinski definition) is 4. The Morgan fingerprint density at radius 2 is 1.86 bits per heavy atom. The van der Waals surface area contributed by atoms with E-state index in [1.165, 1.54) is 0 Å². The lowest BCUT2D eigenvalue weighted by Gasteiger charge is -2.26. The minimum atomic E-state index is -0.731. The fourth-order valence-corrected chi connectivity index (χ4v) is 4.54. The molecule has 0 aliphatic carbocycles. The van der Waals surface area contributed by atoms with Gasteiger partial charge in [0.15, 0.2) is 5.78 Å². The number of rotatable bonds is 12. The van der Waals surface area contributed by atoms with Crippen LogP contribution in [-0.2, 0) is 9.53 Å². The summed E-state index contributed by atoms with van der Waals surface area (Å²) in [7, 11) is 0. The molecule has 5 heteroatoms. The van der Waals surface area contributed by atoms with Crippen LogP contribution in [0.5, 0.6) is 0 Å². The van der Waals surface area contributed by atoms with Crippen molar-refractivity contribution in [3.05, 3.63) is 48.0 Å². The summed E-state index contributed by atoms with van der Waals surface area (Å²) in [4.78, 5) is 27.1. The number of nitrogens with zero attached hydrogens (tertiary/aromatic N) is 1. The van der Waals surface area contributed by atoms with Crippen LogP contribution < -0.4 is 0 Å². The molecule has 1 aromatic carbocycles. The van der Waals surface area contributed by atoms with E-state index in [2.05, 4.69) is 17.1 Å². The van der Waals surface area contributed by atoms with Crippen molar-refractivity contribution in [2.24, 2.45) is 16.8 Å². The molecule has 0 amide bonds. The van der Waals surface area contributed by atoms with Gasteiger partial charge in [0.2, 0.25) is 0 Å². The number of fused-ring (bicyclic) bond motifs is 2. The van der Waals surface area contributed by atoms with E-state index in [1.54, 1.807) is 6.21 Å². The number of unbranched alkanes of at least 4 members (excludes halogenated alkanes) is 1. The van der Waals surface area contributed by atoms with Crippen LogP contribution in [0.15, 0.2) is 47.5 Å². The van der Waals surface area contributed by atoms with Crippen LogP contribution >= 0.6 is 0 Å². The van der Waals surface area contributed by atoms with Gasteiger partial charge in [-0.1, -0.05) is 42.5 Å². The first-order valence-corrected chi connectivity index (χ1v) is 10.7. The van der Waals surface area contributed by atoms with Crippen LogP contribution in [0.3, 0.4) is 0 Å². The van der Waals surface area contributed by atoms with Crippen LogP contribution in [0.4, 0.5) is 0 Å². The second-order valence-corrected chi connectivity index (χ2v) is 7.98. The Balaban J connectivity index is 1.40. The summed E-state index contributed by atoms with van der Waals surface area (Å²) in [6.07, 6.45) is 13.1. The highest BCUT2D eigenvalue weighted by Crippen LogP contribution is 2.46. The van der Waals surface area contributed by atoms with E-state index < -0.39 is 5.97 Å². The van der Waals surface area contributed by atoms with E-state index in [9.17, 15) is 9.59 Å².